The van der Waals surface area contributed by atoms with Crippen molar-refractivity contribution in [1.82, 2.24) is 21.0 Å². The highest BCUT2D eigenvalue weighted by Gasteiger charge is 2.29. The average Bonchev–Trinajstić information content (AvgIpc) is 2.92. The minimum atomic E-state index is -1.22. The Labute approximate surface area is 205 Å². The van der Waals surface area contributed by atoms with E-state index in [1.807, 2.05) is 0 Å². The standard InChI is InChI=1S/C25H34N6O4/c1-18(32)23(24(33)28-35)27-25(34)31-16-14-30(15-17-31)22-8-4-20(5-9-22)19-2-6-21(7-3-19)29-12-10-26-11-13-29/h2-9,18,23,26,32,35H,10-17H2,1H3,(H,27,34)(H,28,33)/t18-,23+/m0/s1. The first-order valence-corrected chi connectivity index (χ1v) is 12.0. The number of nitrogens with one attached hydrogen (secondary N) is 3. The van der Waals surface area contributed by atoms with Gasteiger partial charge < -0.3 is 30.4 Å². The molecular weight excluding hydrogens is 448 g/mol. The van der Waals surface area contributed by atoms with Gasteiger partial charge in [0.05, 0.1) is 6.10 Å². The molecule has 3 amide bonds. The summed E-state index contributed by atoms with van der Waals surface area (Å²) in [5.74, 6) is -0.856. The highest BCUT2D eigenvalue weighted by Crippen LogP contribution is 2.26. The molecule has 10 nitrogen and oxygen atoms in total. The summed E-state index contributed by atoms with van der Waals surface area (Å²) in [6.45, 7) is 7.74. The fourth-order valence-electron chi connectivity index (χ4n) is 4.52. The molecule has 2 heterocycles. The van der Waals surface area contributed by atoms with Gasteiger partial charge in [-0.2, -0.15) is 0 Å². The van der Waals surface area contributed by atoms with Gasteiger partial charge in [0.15, 0.2) is 0 Å². The van der Waals surface area contributed by atoms with Gasteiger partial charge in [0.1, 0.15) is 6.04 Å². The topological polar surface area (TPSA) is 120 Å². The number of carbonyl (C=O) groups excluding carboxylic acids is 2. The second-order valence-corrected chi connectivity index (χ2v) is 8.95. The van der Waals surface area contributed by atoms with E-state index in [-0.39, 0.29) is 0 Å². The summed E-state index contributed by atoms with van der Waals surface area (Å²) in [4.78, 5) is 30.4. The third-order valence-electron chi connectivity index (χ3n) is 6.64. The number of hydroxylamine groups is 1. The van der Waals surface area contributed by atoms with Gasteiger partial charge >= 0.3 is 6.03 Å². The second kappa shape index (κ2) is 11.4. The molecule has 0 radical (unpaired) electrons. The van der Waals surface area contributed by atoms with Crippen molar-refractivity contribution in [2.24, 2.45) is 0 Å². The number of hydrogen-bond acceptors (Lipinski definition) is 7. The van der Waals surface area contributed by atoms with E-state index in [9.17, 15) is 14.7 Å². The molecule has 10 heteroatoms. The van der Waals surface area contributed by atoms with Crippen molar-refractivity contribution in [2.45, 2.75) is 19.1 Å². The molecular formula is C25H34N6O4. The molecule has 2 aliphatic rings. The van der Waals surface area contributed by atoms with Crippen LogP contribution in [0.5, 0.6) is 0 Å². The monoisotopic (exact) mass is 482 g/mol. The molecule has 2 aliphatic heterocycles. The average molecular weight is 483 g/mol. The SMILES string of the molecule is C[C@H](O)[C@@H](NC(=O)N1CCN(c2ccc(-c3ccc(N4CCNCC4)cc3)cc2)CC1)C(=O)NO. The van der Waals surface area contributed by atoms with Crippen LogP contribution in [0.4, 0.5) is 16.2 Å². The zero-order valence-corrected chi connectivity index (χ0v) is 20.0. The fraction of sp³-hybridized carbons (Fsp3) is 0.440. The summed E-state index contributed by atoms with van der Waals surface area (Å²) in [6.07, 6.45) is -1.14. The quantitative estimate of drug-likeness (QED) is 0.306. The summed E-state index contributed by atoms with van der Waals surface area (Å²) in [5.41, 5.74) is 6.15. The number of hydrogen-bond donors (Lipinski definition) is 5. The van der Waals surface area contributed by atoms with Crippen LogP contribution in [0.3, 0.4) is 0 Å². The zero-order valence-electron chi connectivity index (χ0n) is 20.0. The van der Waals surface area contributed by atoms with E-state index < -0.39 is 24.1 Å². The number of aliphatic hydroxyl groups excluding tert-OH is 1. The van der Waals surface area contributed by atoms with Crippen molar-refractivity contribution in [1.29, 1.82) is 0 Å². The first-order valence-electron chi connectivity index (χ1n) is 12.0. The number of anilines is 2. The molecule has 0 unspecified atom stereocenters. The predicted octanol–water partition coefficient (Wildman–Crippen LogP) is 0.850. The molecule has 35 heavy (non-hydrogen) atoms. The summed E-state index contributed by atoms with van der Waals surface area (Å²) < 4.78 is 0. The number of rotatable bonds is 6. The Morgan fingerprint density at radius 1 is 0.829 bits per heavy atom. The number of nitrogens with zero attached hydrogens (tertiary/aromatic N) is 3. The Bertz CT molecular complexity index is 984. The fourth-order valence-corrected chi connectivity index (χ4v) is 4.52. The van der Waals surface area contributed by atoms with Crippen LogP contribution < -0.4 is 25.9 Å². The molecule has 0 bridgehead atoms. The third kappa shape index (κ3) is 6.02. The lowest BCUT2D eigenvalue weighted by molar-refractivity contribution is -0.133. The highest BCUT2D eigenvalue weighted by molar-refractivity contribution is 5.87. The van der Waals surface area contributed by atoms with Crippen LogP contribution in [0, 0.1) is 0 Å². The summed E-state index contributed by atoms with van der Waals surface area (Å²) in [5, 5.41) is 24.4. The summed E-state index contributed by atoms with van der Waals surface area (Å²) in [6, 6.07) is 15.5. The van der Waals surface area contributed by atoms with Crippen LogP contribution in [-0.2, 0) is 4.79 Å². The van der Waals surface area contributed by atoms with Crippen LogP contribution in [0.1, 0.15) is 6.92 Å². The first kappa shape index (κ1) is 24.8. The van der Waals surface area contributed by atoms with Crippen LogP contribution in [-0.4, -0.2) is 91.7 Å². The first-order chi connectivity index (χ1) is 17.0. The van der Waals surface area contributed by atoms with Crippen molar-refractivity contribution in [3.05, 3.63) is 48.5 Å². The maximum Gasteiger partial charge on any atom is 0.318 e. The largest absolute Gasteiger partial charge is 0.391 e. The Morgan fingerprint density at radius 3 is 1.77 bits per heavy atom. The van der Waals surface area contributed by atoms with Gasteiger partial charge in [-0.15, -0.1) is 0 Å². The Balaban J connectivity index is 1.31. The van der Waals surface area contributed by atoms with Crippen molar-refractivity contribution in [3.8, 4) is 11.1 Å². The molecule has 2 atom stereocenters. The molecule has 2 fully saturated rings. The third-order valence-corrected chi connectivity index (χ3v) is 6.64. The lowest BCUT2D eigenvalue weighted by atomic mass is 10.0. The lowest BCUT2D eigenvalue weighted by Crippen LogP contribution is -2.58. The number of piperazine rings is 2. The number of benzene rings is 2. The Hall–Kier alpha value is -3.34. The molecule has 4 rings (SSSR count). The molecule has 5 N–H and O–H groups in total. The molecule has 2 saturated heterocycles. The van der Waals surface area contributed by atoms with Crippen molar-refractivity contribution < 1.29 is 19.9 Å². The van der Waals surface area contributed by atoms with E-state index in [2.05, 4.69) is 69.0 Å². The molecule has 0 aliphatic carbocycles. The number of carbonyl (C=O) groups is 2. The van der Waals surface area contributed by atoms with E-state index in [4.69, 9.17) is 5.21 Å². The van der Waals surface area contributed by atoms with E-state index in [0.717, 1.165) is 37.4 Å². The number of amides is 3. The van der Waals surface area contributed by atoms with Gasteiger partial charge in [-0.1, -0.05) is 24.3 Å². The maximum absolute atomic E-state index is 12.5. The molecule has 0 aromatic heterocycles. The maximum atomic E-state index is 12.5. The van der Waals surface area contributed by atoms with Gasteiger partial charge in [-0.25, -0.2) is 10.3 Å². The van der Waals surface area contributed by atoms with Gasteiger partial charge in [-0.05, 0) is 42.3 Å². The van der Waals surface area contributed by atoms with Crippen LogP contribution in [0.15, 0.2) is 48.5 Å². The van der Waals surface area contributed by atoms with Crippen LogP contribution in [0.2, 0.25) is 0 Å². The van der Waals surface area contributed by atoms with Gasteiger partial charge in [-0.3, -0.25) is 10.0 Å². The molecule has 0 saturated carbocycles. The number of aliphatic hydroxyl groups is 1. The van der Waals surface area contributed by atoms with Crippen molar-refractivity contribution in [2.75, 3.05) is 62.2 Å². The minimum Gasteiger partial charge on any atom is -0.391 e. The molecule has 2 aromatic carbocycles. The van der Waals surface area contributed by atoms with Gasteiger partial charge in [0, 0.05) is 63.7 Å². The summed E-state index contributed by atoms with van der Waals surface area (Å²) in [7, 11) is 0. The highest BCUT2D eigenvalue weighted by atomic mass is 16.5. The second-order valence-electron chi connectivity index (χ2n) is 8.95. The Kier molecular flexibility index (Phi) is 8.06. The molecule has 188 valence electrons. The predicted molar refractivity (Wildman–Crippen MR) is 135 cm³/mol. The van der Waals surface area contributed by atoms with Crippen molar-refractivity contribution in [3.63, 3.8) is 0 Å². The van der Waals surface area contributed by atoms with E-state index >= 15 is 0 Å². The lowest BCUT2D eigenvalue weighted by Gasteiger charge is -2.36. The van der Waals surface area contributed by atoms with E-state index in [0.29, 0.717) is 26.2 Å². The van der Waals surface area contributed by atoms with Crippen LogP contribution in [0.25, 0.3) is 11.1 Å². The smallest absolute Gasteiger partial charge is 0.318 e. The van der Waals surface area contributed by atoms with Crippen molar-refractivity contribution >= 4 is 23.3 Å². The van der Waals surface area contributed by atoms with E-state index in [1.165, 1.54) is 23.7 Å². The van der Waals surface area contributed by atoms with Crippen LogP contribution >= 0.6 is 0 Å². The Morgan fingerprint density at radius 2 is 1.31 bits per heavy atom. The minimum absolute atomic E-state index is 0.446. The normalized spacial score (nSPS) is 18.1. The number of urea groups is 1. The summed E-state index contributed by atoms with van der Waals surface area (Å²) >= 11 is 0. The zero-order chi connectivity index (χ0) is 24.8. The van der Waals surface area contributed by atoms with Gasteiger partial charge in [0.2, 0.25) is 0 Å². The van der Waals surface area contributed by atoms with Gasteiger partial charge in [0.25, 0.3) is 5.91 Å². The molecule has 0 spiro atoms. The molecule has 2 aromatic rings. The van der Waals surface area contributed by atoms with E-state index in [1.54, 1.807) is 4.90 Å².